The number of halogens is 1. The minimum atomic E-state index is 0.250. The molecule has 0 aromatic heterocycles. The smallest absolute Gasteiger partial charge is 0.0298 e. The van der Waals surface area contributed by atoms with Crippen molar-refractivity contribution in [2.45, 2.75) is 32.2 Å². The van der Waals surface area contributed by atoms with E-state index >= 15 is 0 Å². The van der Waals surface area contributed by atoms with Gasteiger partial charge in [-0.1, -0.05) is 15.9 Å². The zero-order valence-electron chi connectivity index (χ0n) is 7.81. The normalized spacial score (nSPS) is 21.3. The van der Waals surface area contributed by atoms with Crippen LogP contribution >= 0.6 is 15.9 Å². The highest BCUT2D eigenvalue weighted by molar-refractivity contribution is 9.10. The zero-order valence-corrected chi connectivity index (χ0v) is 9.39. The van der Waals surface area contributed by atoms with Gasteiger partial charge in [0, 0.05) is 10.5 Å². The molecule has 2 heteroatoms. The van der Waals surface area contributed by atoms with Gasteiger partial charge in [0.15, 0.2) is 0 Å². The molecule has 2 rings (SSSR count). The lowest BCUT2D eigenvalue weighted by Crippen LogP contribution is -2.18. The van der Waals surface area contributed by atoms with Crippen LogP contribution in [0, 0.1) is 6.92 Å². The molecular formula is C11H14BrN. The van der Waals surface area contributed by atoms with Crippen molar-refractivity contribution in [3.8, 4) is 0 Å². The molecule has 0 bridgehead atoms. The minimum absolute atomic E-state index is 0.250. The van der Waals surface area contributed by atoms with Gasteiger partial charge in [0.1, 0.15) is 0 Å². The monoisotopic (exact) mass is 239 g/mol. The maximum absolute atomic E-state index is 6.06. The Balaban J connectivity index is 2.56. The van der Waals surface area contributed by atoms with E-state index < -0.39 is 0 Å². The van der Waals surface area contributed by atoms with Crippen LogP contribution < -0.4 is 5.73 Å². The summed E-state index contributed by atoms with van der Waals surface area (Å²) in [7, 11) is 0. The van der Waals surface area contributed by atoms with Crippen LogP contribution in [0.15, 0.2) is 16.6 Å². The summed E-state index contributed by atoms with van der Waals surface area (Å²) in [4.78, 5) is 0. The molecule has 1 atom stereocenters. The minimum Gasteiger partial charge on any atom is -0.324 e. The molecule has 13 heavy (non-hydrogen) atoms. The van der Waals surface area contributed by atoms with Gasteiger partial charge in [-0.25, -0.2) is 0 Å². The average molecular weight is 240 g/mol. The highest BCUT2D eigenvalue weighted by Crippen LogP contribution is 2.32. The number of benzene rings is 1. The fourth-order valence-electron chi connectivity index (χ4n) is 2.13. The summed E-state index contributed by atoms with van der Waals surface area (Å²) in [6, 6.07) is 4.60. The van der Waals surface area contributed by atoms with Crippen LogP contribution in [0.2, 0.25) is 0 Å². The predicted molar refractivity (Wildman–Crippen MR) is 58.7 cm³/mol. The summed E-state index contributed by atoms with van der Waals surface area (Å²) in [6.45, 7) is 2.17. The summed E-state index contributed by atoms with van der Waals surface area (Å²) in [5, 5.41) is 0. The number of nitrogens with two attached hydrogens (primary N) is 1. The molecule has 1 nitrogen and oxygen atoms in total. The van der Waals surface area contributed by atoms with Crippen molar-refractivity contribution in [1.29, 1.82) is 0 Å². The number of hydrogen-bond donors (Lipinski definition) is 1. The molecule has 0 saturated heterocycles. The van der Waals surface area contributed by atoms with Crippen LogP contribution in [0.25, 0.3) is 0 Å². The van der Waals surface area contributed by atoms with E-state index in [1.807, 2.05) is 0 Å². The molecule has 0 saturated carbocycles. The van der Waals surface area contributed by atoms with E-state index in [-0.39, 0.29) is 6.04 Å². The van der Waals surface area contributed by atoms with E-state index in [4.69, 9.17) is 5.73 Å². The molecule has 0 radical (unpaired) electrons. The van der Waals surface area contributed by atoms with Gasteiger partial charge in [-0.15, -0.1) is 0 Å². The van der Waals surface area contributed by atoms with Crippen LogP contribution in [-0.4, -0.2) is 0 Å². The molecule has 1 aromatic carbocycles. The standard InChI is InChI=1S/C11H14BrN/c1-7-5-8(12)6-10-9(7)3-2-4-11(10)13/h5-6,11H,2-4,13H2,1H3/t11-/m0/s1. The Morgan fingerprint density at radius 3 is 3.00 bits per heavy atom. The highest BCUT2D eigenvalue weighted by atomic mass is 79.9. The van der Waals surface area contributed by atoms with Crippen LogP contribution in [0.3, 0.4) is 0 Å². The molecule has 1 aromatic rings. The van der Waals surface area contributed by atoms with E-state index in [1.54, 1.807) is 0 Å². The lowest BCUT2D eigenvalue weighted by molar-refractivity contribution is 0.568. The number of aryl methyl sites for hydroxylation is 1. The summed E-state index contributed by atoms with van der Waals surface area (Å²) >= 11 is 3.51. The van der Waals surface area contributed by atoms with Crippen molar-refractivity contribution in [2.75, 3.05) is 0 Å². The largest absolute Gasteiger partial charge is 0.324 e. The average Bonchev–Trinajstić information content (AvgIpc) is 2.07. The molecule has 0 heterocycles. The van der Waals surface area contributed by atoms with Crippen molar-refractivity contribution < 1.29 is 0 Å². The van der Waals surface area contributed by atoms with E-state index in [9.17, 15) is 0 Å². The summed E-state index contributed by atoms with van der Waals surface area (Å²) in [5.41, 5.74) is 10.3. The van der Waals surface area contributed by atoms with Gasteiger partial charge in [0.25, 0.3) is 0 Å². The lowest BCUT2D eigenvalue weighted by Gasteiger charge is -2.24. The summed E-state index contributed by atoms with van der Waals surface area (Å²) in [5.74, 6) is 0. The van der Waals surface area contributed by atoms with Crippen LogP contribution in [0.5, 0.6) is 0 Å². The summed E-state index contributed by atoms with van der Waals surface area (Å²) in [6.07, 6.45) is 3.56. The van der Waals surface area contributed by atoms with Gasteiger partial charge in [-0.3, -0.25) is 0 Å². The van der Waals surface area contributed by atoms with Gasteiger partial charge in [0.05, 0.1) is 0 Å². The van der Waals surface area contributed by atoms with Gasteiger partial charge in [-0.05, 0) is 55.0 Å². The summed E-state index contributed by atoms with van der Waals surface area (Å²) < 4.78 is 1.15. The first kappa shape index (κ1) is 9.22. The highest BCUT2D eigenvalue weighted by Gasteiger charge is 2.18. The van der Waals surface area contributed by atoms with Gasteiger partial charge in [-0.2, -0.15) is 0 Å². The molecular weight excluding hydrogens is 226 g/mol. The molecule has 1 aliphatic carbocycles. The SMILES string of the molecule is Cc1cc(Br)cc2c1CCC[C@@H]2N. The molecule has 0 spiro atoms. The molecule has 70 valence electrons. The van der Waals surface area contributed by atoms with Crippen LogP contribution in [-0.2, 0) is 6.42 Å². The van der Waals surface area contributed by atoms with Crippen molar-refractivity contribution >= 4 is 15.9 Å². The second-order valence-electron chi connectivity index (χ2n) is 3.79. The Hall–Kier alpha value is -0.340. The van der Waals surface area contributed by atoms with Crippen LogP contribution in [0.4, 0.5) is 0 Å². The Morgan fingerprint density at radius 1 is 1.46 bits per heavy atom. The fraction of sp³-hybridized carbons (Fsp3) is 0.455. The van der Waals surface area contributed by atoms with Gasteiger partial charge >= 0.3 is 0 Å². The van der Waals surface area contributed by atoms with E-state index in [2.05, 4.69) is 35.0 Å². The first-order valence-electron chi connectivity index (χ1n) is 4.73. The van der Waals surface area contributed by atoms with Crippen molar-refractivity contribution in [3.63, 3.8) is 0 Å². The van der Waals surface area contributed by atoms with E-state index in [0.29, 0.717) is 0 Å². The Kier molecular flexibility index (Phi) is 2.43. The fourth-order valence-corrected chi connectivity index (χ4v) is 2.72. The third-order valence-corrected chi connectivity index (χ3v) is 3.27. The molecule has 1 aliphatic rings. The second kappa shape index (κ2) is 3.43. The Bertz CT molecular complexity index is 333. The molecule has 0 aliphatic heterocycles. The predicted octanol–water partition coefficient (Wildman–Crippen LogP) is 3.09. The van der Waals surface area contributed by atoms with Crippen LogP contribution in [0.1, 0.15) is 35.6 Å². The van der Waals surface area contributed by atoms with E-state index in [0.717, 1.165) is 10.9 Å². The molecule has 2 N–H and O–H groups in total. The number of hydrogen-bond acceptors (Lipinski definition) is 1. The third kappa shape index (κ3) is 1.65. The zero-order chi connectivity index (χ0) is 9.42. The second-order valence-corrected chi connectivity index (χ2v) is 4.70. The quantitative estimate of drug-likeness (QED) is 0.740. The lowest BCUT2D eigenvalue weighted by atomic mass is 9.86. The Labute approximate surface area is 87.5 Å². The molecule has 0 unspecified atom stereocenters. The maximum Gasteiger partial charge on any atom is 0.0298 e. The van der Waals surface area contributed by atoms with E-state index in [1.165, 1.54) is 29.5 Å². The van der Waals surface area contributed by atoms with Crippen molar-refractivity contribution in [2.24, 2.45) is 5.73 Å². The van der Waals surface area contributed by atoms with Crippen molar-refractivity contribution in [3.05, 3.63) is 33.3 Å². The molecule has 0 fully saturated rings. The Morgan fingerprint density at radius 2 is 2.23 bits per heavy atom. The maximum atomic E-state index is 6.06. The first-order valence-corrected chi connectivity index (χ1v) is 5.52. The molecule has 0 amide bonds. The number of fused-ring (bicyclic) bond motifs is 1. The van der Waals surface area contributed by atoms with Gasteiger partial charge in [0.2, 0.25) is 0 Å². The third-order valence-electron chi connectivity index (χ3n) is 2.81. The first-order chi connectivity index (χ1) is 6.18. The topological polar surface area (TPSA) is 26.0 Å². The number of rotatable bonds is 0. The van der Waals surface area contributed by atoms with Crippen molar-refractivity contribution in [1.82, 2.24) is 0 Å². The van der Waals surface area contributed by atoms with Gasteiger partial charge < -0.3 is 5.73 Å².